The first-order valence-electron chi connectivity index (χ1n) is 6.82. The average Bonchev–Trinajstić information content (AvgIpc) is 2.45. The molecule has 0 saturated carbocycles. The molecule has 0 aliphatic carbocycles. The third-order valence-corrected chi connectivity index (χ3v) is 3.83. The molecule has 0 spiro atoms. The normalized spacial score (nSPS) is 51.9. The molecule has 0 radical (unpaired) electrons. The molecule has 2 heterocycles. The Kier molecular flexibility index (Phi) is 5.52. The van der Waals surface area contributed by atoms with Crippen molar-refractivity contribution in [1.82, 2.24) is 0 Å². The minimum atomic E-state index is -1.50. The Labute approximate surface area is 121 Å². The largest absolute Gasteiger partial charge is 0.394 e. The molecule has 0 aromatic rings. The highest BCUT2D eigenvalue weighted by atomic mass is 16.7. The monoisotopic (exact) mass is 310 g/mol. The third kappa shape index (κ3) is 3.52. The van der Waals surface area contributed by atoms with Gasteiger partial charge in [0.2, 0.25) is 0 Å². The van der Waals surface area contributed by atoms with Crippen molar-refractivity contribution in [2.24, 2.45) is 0 Å². The standard InChI is InChI=1S/C12H22O9/c1-4-8(15)9(16)10(17)12(19-4)21-6-2-5(14)7(3-13)20-11(6)18/h4-18H,2-3H2,1H3/t4-,5+,6-,7+,8-,9+,10+,11-,12-/m0/s1. The topological polar surface area (TPSA) is 149 Å². The zero-order valence-electron chi connectivity index (χ0n) is 11.5. The highest BCUT2D eigenvalue weighted by Crippen LogP contribution is 2.27. The van der Waals surface area contributed by atoms with E-state index in [4.69, 9.17) is 19.3 Å². The van der Waals surface area contributed by atoms with E-state index in [2.05, 4.69) is 0 Å². The Hall–Kier alpha value is -0.360. The van der Waals surface area contributed by atoms with E-state index >= 15 is 0 Å². The molecule has 9 nitrogen and oxygen atoms in total. The maximum absolute atomic E-state index is 9.82. The minimum Gasteiger partial charge on any atom is -0.394 e. The van der Waals surface area contributed by atoms with Gasteiger partial charge >= 0.3 is 0 Å². The summed E-state index contributed by atoms with van der Waals surface area (Å²) in [6.07, 6.45) is -10.7. The second-order valence-electron chi connectivity index (χ2n) is 5.41. The van der Waals surface area contributed by atoms with E-state index in [1.54, 1.807) is 0 Å². The van der Waals surface area contributed by atoms with Gasteiger partial charge in [0.05, 0.1) is 18.8 Å². The highest BCUT2D eigenvalue weighted by molar-refractivity contribution is 4.89. The van der Waals surface area contributed by atoms with Crippen LogP contribution in [0.2, 0.25) is 0 Å². The molecule has 0 bridgehead atoms. The fraction of sp³-hybridized carbons (Fsp3) is 1.00. The maximum Gasteiger partial charge on any atom is 0.187 e. The number of aliphatic hydroxyl groups excluding tert-OH is 6. The lowest BCUT2D eigenvalue weighted by atomic mass is 9.99. The Morgan fingerprint density at radius 3 is 2.29 bits per heavy atom. The molecule has 2 fully saturated rings. The Morgan fingerprint density at radius 2 is 1.67 bits per heavy atom. The van der Waals surface area contributed by atoms with Gasteiger partial charge in [-0.15, -0.1) is 0 Å². The van der Waals surface area contributed by atoms with E-state index in [9.17, 15) is 25.5 Å². The van der Waals surface area contributed by atoms with Crippen LogP contribution >= 0.6 is 0 Å². The predicted molar refractivity (Wildman–Crippen MR) is 65.8 cm³/mol. The first-order valence-corrected chi connectivity index (χ1v) is 6.82. The second-order valence-corrected chi connectivity index (χ2v) is 5.41. The molecule has 6 N–H and O–H groups in total. The fourth-order valence-electron chi connectivity index (χ4n) is 2.45. The first kappa shape index (κ1) is 17.0. The first-order chi connectivity index (χ1) is 9.85. The quantitative estimate of drug-likeness (QED) is 0.314. The van der Waals surface area contributed by atoms with Crippen molar-refractivity contribution in [3.05, 3.63) is 0 Å². The Bertz CT molecular complexity index is 341. The molecule has 2 aliphatic rings. The summed E-state index contributed by atoms with van der Waals surface area (Å²) in [5.41, 5.74) is 0. The Balaban J connectivity index is 1.97. The molecule has 2 aliphatic heterocycles. The van der Waals surface area contributed by atoms with Crippen LogP contribution in [0.1, 0.15) is 13.3 Å². The smallest absolute Gasteiger partial charge is 0.187 e. The SMILES string of the molecule is C[C@@H]1O[C@@H](O[C@H]2C[C@@H](O)[C@@H](CO)O[C@@H]2O)[C@H](O)[C@H](O)[C@H]1O. The lowest BCUT2D eigenvalue weighted by molar-refractivity contribution is -0.341. The lowest BCUT2D eigenvalue weighted by Crippen LogP contribution is -2.59. The highest BCUT2D eigenvalue weighted by Gasteiger charge is 2.45. The van der Waals surface area contributed by atoms with Gasteiger partial charge in [-0.25, -0.2) is 0 Å². The van der Waals surface area contributed by atoms with Crippen molar-refractivity contribution in [3.8, 4) is 0 Å². The van der Waals surface area contributed by atoms with Crippen LogP contribution in [-0.2, 0) is 14.2 Å². The zero-order valence-corrected chi connectivity index (χ0v) is 11.5. The van der Waals surface area contributed by atoms with Gasteiger partial charge in [-0.1, -0.05) is 0 Å². The summed E-state index contributed by atoms with van der Waals surface area (Å²) >= 11 is 0. The molecule has 0 aromatic heterocycles. The summed E-state index contributed by atoms with van der Waals surface area (Å²) in [7, 11) is 0. The van der Waals surface area contributed by atoms with E-state index in [1.807, 2.05) is 0 Å². The van der Waals surface area contributed by atoms with Crippen LogP contribution in [-0.4, -0.2) is 92.6 Å². The van der Waals surface area contributed by atoms with Gasteiger partial charge in [-0.2, -0.15) is 0 Å². The molecular weight excluding hydrogens is 288 g/mol. The summed E-state index contributed by atoms with van der Waals surface area (Å²) in [5.74, 6) is 0. The molecule has 0 aromatic carbocycles. The molecule has 0 unspecified atom stereocenters. The van der Waals surface area contributed by atoms with Gasteiger partial charge in [-0.3, -0.25) is 0 Å². The van der Waals surface area contributed by atoms with Gasteiger partial charge in [0.25, 0.3) is 0 Å². The van der Waals surface area contributed by atoms with Crippen LogP contribution in [0, 0.1) is 0 Å². The number of ether oxygens (including phenoxy) is 3. The van der Waals surface area contributed by atoms with Crippen LogP contribution in [0.4, 0.5) is 0 Å². The second kappa shape index (κ2) is 6.82. The van der Waals surface area contributed by atoms with Gasteiger partial charge in [-0.05, 0) is 6.92 Å². The lowest BCUT2D eigenvalue weighted by Gasteiger charge is -2.42. The van der Waals surface area contributed by atoms with E-state index < -0.39 is 61.9 Å². The van der Waals surface area contributed by atoms with Crippen LogP contribution in [0.3, 0.4) is 0 Å². The zero-order chi connectivity index (χ0) is 15.7. The summed E-state index contributed by atoms with van der Waals surface area (Å²) in [6.45, 7) is 1.05. The summed E-state index contributed by atoms with van der Waals surface area (Å²) < 4.78 is 15.6. The van der Waals surface area contributed by atoms with Crippen molar-refractivity contribution in [2.75, 3.05) is 6.61 Å². The van der Waals surface area contributed by atoms with Gasteiger partial charge in [0, 0.05) is 6.42 Å². The number of hydrogen-bond donors (Lipinski definition) is 6. The molecule has 9 heteroatoms. The molecule has 9 atom stereocenters. The number of rotatable bonds is 3. The van der Waals surface area contributed by atoms with Gasteiger partial charge in [0.15, 0.2) is 12.6 Å². The molecule has 2 saturated heterocycles. The number of aliphatic hydroxyl groups is 6. The summed E-state index contributed by atoms with van der Waals surface area (Å²) in [4.78, 5) is 0. The van der Waals surface area contributed by atoms with Crippen LogP contribution < -0.4 is 0 Å². The predicted octanol–water partition coefficient (Wildman–Crippen LogP) is -3.34. The minimum absolute atomic E-state index is 0.0357. The molecule has 0 amide bonds. The molecular formula is C12H22O9. The maximum atomic E-state index is 9.82. The van der Waals surface area contributed by atoms with Gasteiger partial charge < -0.3 is 44.8 Å². The van der Waals surface area contributed by atoms with Crippen LogP contribution in [0.25, 0.3) is 0 Å². The average molecular weight is 310 g/mol. The van der Waals surface area contributed by atoms with E-state index in [0.717, 1.165) is 0 Å². The van der Waals surface area contributed by atoms with E-state index in [0.29, 0.717) is 0 Å². The van der Waals surface area contributed by atoms with Crippen LogP contribution in [0.15, 0.2) is 0 Å². The number of hydrogen-bond acceptors (Lipinski definition) is 9. The third-order valence-electron chi connectivity index (χ3n) is 3.83. The molecule has 2 rings (SSSR count). The molecule has 21 heavy (non-hydrogen) atoms. The van der Waals surface area contributed by atoms with Crippen molar-refractivity contribution in [2.45, 2.75) is 68.7 Å². The van der Waals surface area contributed by atoms with Crippen molar-refractivity contribution in [1.29, 1.82) is 0 Å². The van der Waals surface area contributed by atoms with Crippen molar-refractivity contribution >= 4 is 0 Å². The van der Waals surface area contributed by atoms with Crippen LogP contribution in [0.5, 0.6) is 0 Å². The van der Waals surface area contributed by atoms with Crippen molar-refractivity contribution in [3.63, 3.8) is 0 Å². The Morgan fingerprint density at radius 1 is 1.00 bits per heavy atom. The fourth-order valence-corrected chi connectivity index (χ4v) is 2.45. The van der Waals surface area contributed by atoms with Gasteiger partial charge in [0.1, 0.15) is 30.5 Å². The van der Waals surface area contributed by atoms with Crippen molar-refractivity contribution < 1.29 is 44.8 Å². The summed E-state index contributed by atoms with van der Waals surface area (Å²) in [5, 5.41) is 57.5. The van der Waals surface area contributed by atoms with E-state index in [-0.39, 0.29) is 6.42 Å². The molecule has 124 valence electrons. The summed E-state index contributed by atoms with van der Waals surface area (Å²) in [6, 6.07) is 0. The van der Waals surface area contributed by atoms with E-state index in [1.165, 1.54) is 6.92 Å².